The second-order valence-electron chi connectivity index (χ2n) is 5.26. The molecule has 0 atom stereocenters. The van der Waals surface area contributed by atoms with E-state index in [1.165, 1.54) is 6.07 Å². The van der Waals surface area contributed by atoms with Crippen molar-refractivity contribution in [1.29, 1.82) is 0 Å². The third kappa shape index (κ3) is 2.05. The average Bonchev–Trinajstić information content (AvgIpc) is 2.73. The molecule has 0 saturated carbocycles. The lowest BCUT2D eigenvalue weighted by Crippen LogP contribution is -2.24. The molecular weight excluding hydrogens is 233 g/mol. The first-order valence-electron chi connectivity index (χ1n) is 5.65. The van der Waals surface area contributed by atoms with Crippen LogP contribution in [0.3, 0.4) is 0 Å². The normalized spacial score (nSPS) is 11.8. The molecule has 0 aliphatic rings. The first-order chi connectivity index (χ1) is 8.30. The van der Waals surface area contributed by atoms with Gasteiger partial charge in [0.15, 0.2) is 5.82 Å². The Morgan fingerprint density at radius 3 is 2.50 bits per heavy atom. The number of tetrazole rings is 1. The Morgan fingerprint density at radius 1 is 1.28 bits per heavy atom. The number of anilines is 1. The molecule has 1 heterocycles. The van der Waals surface area contributed by atoms with E-state index >= 15 is 0 Å². The molecule has 1 aromatic heterocycles. The van der Waals surface area contributed by atoms with Crippen molar-refractivity contribution in [2.75, 3.05) is 5.73 Å². The quantitative estimate of drug-likeness (QED) is 0.786. The van der Waals surface area contributed by atoms with Crippen molar-refractivity contribution in [3.05, 3.63) is 23.5 Å². The summed E-state index contributed by atoms with van der Waals surface area (Å²) in [7, 11) is 0. The number of halogens is 1. The van der Waals surface area contributed by atoms with Crippen molar-refractivity contribution in [1.82, 2.24) is 20.2 Å². The van der Waals surface area contributed by atoms with E-state index in [2.05, 4.69) is 15.5 Å². The molecule has 2 rings (SSSR count). The second-order valence-corrected chi connectivity index (χ2v) is 5.26. The van der Waals surface area contributed by atoms with Crippen LogP contribution in [0.2, 0.25) is 0 Å². The number of nitrogens with zero attached hydrogens (tertiary/aromatic N) is 4. The number of hydrogen-bond acceptors (Lipinski definition) is 4. The van der Waals surface area contributed by atoms with Gasteiger partial charge in [-0.25, -0.2) is 9.07 Å². The van der Waals surface area contributed by atoms with Gasteiger partial charge in [0.2, 0.25) is 0 Å². The predicted molar refractivity (Wildman–Crippen MR) is 67.4 cm³/mol. The highest BCUT2D eigenvalue weighted by Gasteiger charge is 2.21. The Morgan fingerprint density at radius 2 is 1.94 bits per heavy atom. The molecule has 2 aromatic rings. The summed E-state index contributed by atoms with van der Waals surface area (Å²) < 4.78 is 15.4. The Labute approximate surface area is 105 Å². The van der Waals surface area contributed by atoms with E-state index in [9.17, 15) is 4.39 Å². The van der Waals surface area contributed by atoms with Gasteiger partial charge < -0.3 is 5.73 Å². The topological polar surface area (TPSA) is 69.6 Å². The Balaban J connectivity index is 2.60. The van der Waals surface area contributed by atoms with E-state index in [0.717, 1.165) is 0 Å². The van der Waals surface area contributed by atoms with Gasteiger partial charge >= 0.3 is 0 Å². The van der Waals surface area contributed by atoms with E-state index in [0.29, 0.717) is 22.6 Å². The van der Waals surface area contributed by atoms with E-state index in [-0.39, 0.29) is 11.4 Å². The van der Waals surface area contributed by atoms with Gasteiger partial charge in [-0.05, 0) is 50.3 Å². The summed E-state index contributed by atoms with van der Waals surface area (Å²) in [4.78, 5) is 0. The summed E-state index contributed by atoms with van der Waals surface area (Å²) in [5.74, 6) is 0.154. The molecule has 0 amide bonds. The molecule has 96 valence electrons. The van der Waals surface area contributed by atoms with Gasteiger partial charge in [-0.1, -0.05) is 0 Å². The number of aromatic nitrogens is 4. The molecule has 0 unspecified atom stereocenters. The molecule has 0 aliphatic heterocycles. The van der Waals surface area contributed by atoms with Crippen molar-refractivity contribution < 1.29 is 4.39 Å². The van der Waals surface area contributed by atoms with Crippen LogP contribution in [0, 0.1) is 12.7 Å². The van der Waals surface area contributed by atoms with E-state index in [1.807, 2.05) is 20.8 Å². The zero-order valence-electron chi connectivity index (χ0n) is 10.9. The Bertz CT molecular complexity index is 559. The third-order valence-electron chi connectivity index (χ3n) is 2.75. The van der Waals surface area contributed by atoms with Crippen LogP contribution in [0.15, 0.2) is 12.1 Å². The number of benzene rings is 1. The molecule has 5 nitrogen and oxygen atoms in total. The lowest BCUT2D eigenvalue weighted by atomic mass is 10.1. The second kappa shape index (κ2) is 4.04. The van der Waals surface area contributed by atoms with Crippen LogP contribution in [-0.4, -0.2) is 20.2 Å². The van der Waals surface area contributed by atoms with Gasteiger partial charge in [0.25, 0.3) is 0 Å². The highest BCUT2D eigenvalue weighted by Crippen LogP contribution is 2.27. The predicted octanol–water partition coefficient (Wildman–Crippen LogP) is 2.12. The average molecular weight is 249 g/mol. The Hall–Kier alpha value is -1.98. The highest BCUT2D eigenvalue weighted by atomic mass is 19.1. The fourth-order valence-corrected chi connectivity index (χ4v) is 1.65. The minimum atomic E-state index is -0.353. The van der Waals surface area contributed by atoms with Crippen molar-refractivity contribution >= 4 is 5.69 Å². The number of nitrogen functional groups attached to an aromatic ring is 1. The van der Waals surface area contributed by atoms with Gasteiger partial charge in [0.1, 0.15) is 5.82 Å². The van der Waals surface area contributed by atoms with E-state index < -0.39 is 0 Å². The van der Waals surface area contributed by atoms with Gasteiger partial charge in [0.05, 0.1) is 5.54 Å². The smallest absolute Gasteiger partial charge is 0.182 e. The lowest BCUT2D eigenvalue weighted by Gasteiger charge is -2.20. The minimum absolute atomic E-state index is 0.283. The maximum absolute atomic E-state index is 13.7. The maximum atomic E-state index is 13.7. The molecular formula is C12H16FN5. The van der Waals surface area contributed by atoms with Crippen molar-refractivity contribution in [2.24, 2.45) is 0 Å². The van der Waals surface area contributed by atoms with Gasteiger partial charge in [-0.3, -0.25) is 0 Å². The fourth-order valence-electron chi connectivity index (χ4n) is 1.65. The minimum Gasteiger partial charge on any atom is -0.398 e. The lowest BCUT2D eigenvalue weighted by molar-refractivity contribution is 0.351. The van der Waals surface area contributed by atoms with Crippen molar-refractivity contribution in [3.8, 4) is 11.4 Å². The fraction of sp³-hybridized carbons (Fsp3) is 0.417. The van der Waals surface area contributed by atoms with Gasteiger partial charge in [-0.15, -0.1) is 5.10 Å². The third-order valence-corrected chi connectivity index (χ3v) is 2.75. The molecule has 1 aromatic carbocycles. The van der Waals surface area contributed by atoms with Crippen LogP contribution in [0.25, 0.3) is 11.4 Å². The molecule has 0 saturated heterocycles. The monoisotopic (exact) mass is 249 g/mol. The van der Waals surface area contributed by atoms with E-state index in [1.54, 1.807) is 17.7 Å². The number of rotatable bonds is 1. The summed E-state index contributed by atoms with van der Waals surface area (Å²) in [6.45, 7) is 7.56. The van der Waals surface area contributed by atoms with Crippen LogP contribution in [0.5, 0.6) is 0 Å². The summed E-state index contributed by atoms with van der Waals surface area (Å²) in [5, 5.41) is 11.5. The first-order valence-corrected chi connectivity index (χ1v) is 5.65. The largest absolute Gasteiger partial charge is 0.398 e. The van der Waals surface area contributed by atoms with Crippen LogP contribution in [-0.2, 0) is 5.54 Å². The standard InChI is InChI=1S/C12H16FN5/c1-7-9(13)5-8(6-10(7)14)11-15-16-17-18(11)12(2,3)4/h5-6H,14H2,1-4H3. The molecule has 0 bridgehead atoms. The molecule has 0 spiro atoms. The summed E-state index contributed by atoms with van der Waals surface area (Å²) in [6, 6.07) is 3.09. The van der Waals surface area contributed by atoms with Crippen molar-refractivity contribution in [3.63, 3.8) is 0 Å². The zero-order valence-corrected chi connectivity index (χ0v) is 10.9. The molecule has 0 aliphatic carbocycles. The van der Waals surface area contributed by atoms with Gasteiger partial charge in [0, 0.05) is 16.8 Å². The van der Waals surface area contributed by atoms with Crippen LogP contribution >= 0.6 is 0 Å². The van der Waals surface area contributed by atoms with Gasteiger partial charge in [-0.2, -0.15) is 0 Å². The summed E-state index contributed by atoms with van der Waals surface area (Å²) >= 11 is 0. The molecule has 2 N–H and O–H groups in total. The number of hydrogen-bond donors (Lipinski definition) is 1. The Kier molecular flexibility index (Phi) is 2.80. The molecule has 0 fully saturated rings. The van der Waals surface area contributed by atoms with Crippen LogP contribution in [0.1, 0.15) is 26.3 Å². The first kappa shape index (κ1) is 12.5. The molecule has 6 heteroatoms. The molecule has 18 heavy (non-hydrogen) atoms. The zero-order chi connectivity index (χ0) is 13.5. The SMILES string of the molecule is Cc1c(N)cc(-c2nnnn2C(C)(C)C)cc1F. The number of nitrogens with two attached hydrogens (primary N) is 1. The van der Waals surface area contributed by atoms with Crippen LogP contribution in [0.4, 0.5) is 10.1 Å². The summed E-state index contributed by atoms with van der Waals surface area (Å²) in [6.07, 6.45) is 0. The van der Waals surface area contributed by atoms with Crippen molar-refractivity contribution in [2.45, 2.75) is 33.2 Å². The maximum Gasteiger partial charge on any atom is 0.182 e. The molecule has 0 radical (unpaired) electrons. The van der Waals surface area contributed by atoms with E-state index in [4.69, 9.17) is 5.73 Å². The van der Waals surface area contributed by atoms with Crippen LogP contribution < -0.4 is 5.73 Å². The summed E-state index contributed by atoms with van der Waals surface area (Å²) in [5.41, 5.74) is 6.90. The highest BCUT2D eigenvalue weighted by molar-refractivity contribution is 5.64.